The van der Waals surface area contributed by atoms with Crippen LogP contribution in [0.2, 0.25) is 0 Å². The van der Waals surface area contributed by atoms with Gasteiger partial charge in [0, 0.05) is 36.8 Å². The zero-order chi connectivity index (χ0) is 14.5. The van der Waals surface area contributed by atoms with Crippen LogP contribution in [0.5, 0.6) is 0 Å². The quantitative estimate of drug-likeness (QED) is 0.907. The van der Waals surface area contributed by atoms with Crippen molar-refractivity contribution in [2.24, 2.45) is 5.73 Å². The molecule has 1 fully saturated rings. The summed E-state index contributed by atoms with van der Waals surface area (Å²) in [5.74, 6) is 0.129. The van der Waals surface area contributed by atoms with Crippen molar-refractivity contribution >= 4 is 21.8 Å². The number of methoxy groups -OCH3 is 1. The summed E-state index contributed by atoms with van der Waals surface area (Å²) in [6.07, 6.45) is 3.95. The number of halogens is 1. The summed E-state index contributed by atoms with van der Waals surface area (Å²) >= 11 is 3.37. The second kappa shape index (κ2) is 7.15. The number of pyridine rings is 1. The van der Waals surface area contributed by atoms with E-state index in [1.165, 1.54) is 0 Å². The van der Waals surface area contributed by atoms with Gasteiger partial charge in [-0.2, -0.15) is 0 Å². The Morgan fingerprint density at radius 2 is 2.35 bits per heavy atom. The first-order valence-corrected chi connectivity index (χ1v) is 7.58. The second-order valence-corrected chi connectivity index (χ2v) is 5.90. The highest BCUT2D eigenvalue weighted by atomic mass is 79.9. The largest absolute Gasteiger partial charge is 0.383 e. The number of rotatable bonds is 4. The van der Waals surface area contributed by atoms with Crippen LogP contribution in [0.4, 0.5) is 0 Å². The molecule has 2 rings (SSSR count). The van der Waals surface area contributed by atoms with E-state index in [-0.39, 0.29) is 18.0 Å². The van der Waals surface area contributed by atoms with Crippen molar-refractivity contribution in [1.29, 1.82) is 0 Å². The molecule has 1 saturated heterocycles. The summed E-state index contributed by atoms with van der Waals surface area (Å²) in [6, 6.07) is 3.59. The Morgan fingerprint density at radius 1 is 1.55 bits per heavy atom. The molecule has 0 spiro atoms. The maximum absolute atomic E-state index is 12.3. The van der Waals surface area contributed by atoms with Gasteiger partial charge in [-0.15, -0.1) is 0 Å². The van der Waals surface area contributed by atoms with Gasteiger partial charge in [-0.05, 0) is 40.9 Å². The lowest BCUT2D eigenvalue weighted by molar-refractivity contribution is -0.134. The van der Waals surface area contributed by atoms with Crippen LogP contribution in [0.1, 0.15) is 31.0 Å². The number of nitrogens with zero attached hydrogens (tertiary/aromatic N) is 2. The van der Waals surface area contributed by atoms with E-state index >= 15 is 0 Å². The van der Waals surface area contributed by atoms with Gasteiger partial charge in [-0.3, -0.25) is 9.78 Å². The minimum Gasteiger partial charge on any atom is -0.383 e. The molecule has 1 amide bonds. The molecule has 1 aliphatic rings. The monoisotopic (exact) mass is 341 g/mol. The summed E-state index contributed by atoms with van der Waals surface area (Å²) in [5, 5.41) is 0. The smallest absolute Gasteiger partial charge is 0.223 e. The molecule has 6 heteroatoms. The summed E-state index contributed by atoms with van der Waals surface area (Å²) < 4.78 is 6.02. The first-order valence-electron chi connectivity index (χ1n) is 6.79. The van der Waals surface area contributed by atoms with Crippen LogP contribution >= 0.6 is 15.9 Å². The van der Waals surface area contributed by atoms with E-state index in [4.69, 9.17) is 10.5 Å². The number of carbonyl (C=O) groups is 1. The molecule has 1 aromatic rings. The number of amides is 1. The average Bonchev–Trinajstić information content (AvgIpc) is 2.57. The fourth-order valence-corrected chi connectivity index (χ4v) is 2.81. The van der Waals surface area contributed by atoms with E-state index < -0.39 is 0 Å². The van der Waals surface area contributed by atoms with Crippen molar-refractivity contribution in [1.82, 2.24) is 9.88 Å². The van der Waals surface area contributed by atoms with Crippen molar-refractivity contribution in [3.8, 4) is 0 Å². The molecule has 20 heavy (non-hydrogen) atoms. The normalized spacial score (nSPS) is 23.8. The number of ether oxygens (including phenoxy) is 1. The molecule has 0 saturated carbocycles. The first-order chi connectivity index (χ1) is 9.63. The van der Waals surface area contributed by atoms with Crippen LogP contribution in [0, 0.1) is 0 Å². The summed E-state index contributed by atoms with van der Waals surface area (Å²) in [6.45, 7) is 1.05. The van der Waals surface area contributed by atoms with Crippen molar-refractivity contribution in [2.45, 2.75) is 31.3 Å². The Morgan fingerprint density at radius 3 is 3.00 bits per heavy atom. The predicted octanol–water partition coefficient (Wildman–Crippen LogP) is 1.87. The van der Waals surface area contributed by atoms with E-state index in [9.17, 15) is 4.79 Å². The van der Waals surface area contributed by atoms with E-state index in [0.717, 1.165) is 23.0 Å². The number of carbonyl (C=O) groups excluding carboxylic acids is 1. The van der Waals surface area contributed by atoms with Crippen LogP contribution in [0.15, 0.2) is 22.8 Å². The third-order valence-electron chi connectivity index (χ3n) is 3.58. The first kappa shape index (κ1) is 15.4. The van der Waals surface area contributed by atoms with Gasteiger partial charge in [-0.25, -0.2) is 0 Å². The lowest BCUT2D eigenvalue weighted by Crippen LogP contribution is -2.44. The Labute approximate surface area is 127 Å². The zero-order valence-corrected chi connectivity index (χ0v) is 13.2. The molecule has 2 unspecified atom stereocenters. The van der Waals surface area contributed by atoms with E-state index in [1.807, 2.05) is 17.0 Å². The number of likely N-dealkylation sites (tertiary alicyclic amines) is 1. The topological polar surface area (TPSA) is 68.5 Å². The van der Waals surface area contributed by atoms with Crippen molar-refractivity contribution in [3.63, 3.8) is 0 Å². The summed E-state index contributed by atoms with van der Waals surface area (Å²) in [5.41, 5.74) is 7.13. The molecular formula is C14H20BrN3O2. The molecule has 0 aliphatic carbocycles. The molecule has 2 N–H and O–H groups in total. The van der Waals surface area contributed by atoms with Crippen LogP contribution in [0.25, 0.3) is 0 Å². The SMILES string of the molecule is COCCN1C(=O)CCCC(N)C1c1ccc(Br)cn1. The third-order valence-corrected chi connectivity index (χ3v) is 4.05. The van der Waals surface area contributed by atoms with Gasteiger partial charge >= 0.3 is 0 Å². The molecule has 0 bridgehead atoms. The molecule has 0 aromatic carbocycles. The van der Waals surface area contributed by atoms with Crippen LogP contribution in [-0.4, -0.2) is 42.1 Å². The fraction of sp³-hybridized carbons (Fsp3) is 0.571. The van der Waals surface area contributed by atoms with Crippen LogP contribution in [-0.2, 0) is 9.53 Å². The summed E-state index contributed by atoms with van der Waals surface area (Å²) in [4.78, 5) is 18.5. The molecular weight excluding hydrogens is 322 g/mol. The molecule has 0 radical (unpaired) electrons. The van der Waals surface area contributed by atoms with Gasteiger partial charge in [0.05, 0.1) is 18.3 Å². The standard InChI is InChI=1S/C14H20BrN3O2/c1-20-8-7-18-13(19)4-2-3-11(16)14(18)12-6-5-10(15)9-17-12/h5-6,9,11,14H,2-4,7-8,16H2,1H3. The number of hydrogen-bond donors (Lipinski definition) is 1. The van der Waals surface area contributed by atoms with Crippen molar-refractivity contribution in [3.05, 3.63) is 28.5 Å². The highest BCUT2D eigenvalue weighted by Gasteiger charge is 2.33. The zero-order valence-electron chi connectivity index (χ0n) is 11.6. The van der Waals surface area contributed by atoms with Gasteiger partial charge in [0.2, 0.25) is 5.91 Å². The van der Waals surface area contributed by atoms with E-state index in [0.29, 0.717) is 19.6 Å². The van der Waals surface area contributed by atoms with Crippen molar-refractivity contribution < 1.29 is 9.53 Å². The Bertz CT molecular complexity index is 452. The van der Waals surface area contributed by atoms with Crippen molar-refractivity contribution in [2.75, 3.05) is 20.3 Å². The molecule has 5 nitrogen and oxygen atoms in total. The lowest BCUT2D eigenvalue weighted by atomic mass is 10.0. The average molecular weight is 342 g/mol. The number of hydrogen-bond acceptors (Lipinski definition) is 4. The minimum atomic E-state index is -0.173. The predicted molar refractivity (Wildman–Crippen MR) is 80.1 cm³/mol. The molecule has 1 aromatic heterocycles. The highest BCUT2D eigenvalue weighted by Crippen LogP contribution is 2.29. The Hall–Kier alpha value is -0.980. The molecule has 1 aliphatic heterocycles. The third kappa shape index (κ3) is 3.56. The Kier molecular flexibility index (Phi) is 5.51. The fourth-order valence-electron chi connectivity index (χ4n) is 2.57. The van der Waals surface area contributed by atoms with Gasteiger partial charge < -0.3 is 15.4 Å². The maximum atomic E-state index is 12.3. The maximum Gasteiger partial charge on any atom is 0.223 e. The lowest BCUT2D eigenvalue weighted by Gasteiger charge is -2.33. The molecule has 2 atom stereocenters. The molecule has 110 valence electrons. The number of nitrogens with two attached hydrogens (primary N) is 1. The van der Waals surface area contributed by atoms with Gasteiger partial charge in [0.15, 0.2) is 0 Å². The van der Waals surface area contributed by atoms with E-state index in [2.05, 4.69) is 20.9 Å². The van der Waals surface area contributed by atoms with E-state index in [1.54, 1.807) is 13.3 Å². The van der Waals surface area contributed by atoms with Crippen LogP contribution < -0.4 is 5.73 Å². The molecule has 2 heterocycles. The van der Waals surface area contributed by atoms with Gasteiger partial charge in [0.1, 0.15) is 0 Å². The Balaban J connectivity index is 2.30. The second-order valence-electron chi connectivity index (χ2n) is 4.98. The highest BCUT2D eigenvalue weighted by molar-refractivity contribution is 9.10. The number of aromatic nitrogens is 1. The minimum absolute atomic E-state index is 0.0908. The van der Waals surface area contributed by atoms with Gasteiger partial charge in [-0.1, -0.05) is 0 Å². The van der Waals surface area contributed by atoms with Gasteiger partial charge in [0.25, 0.3) is 0 Å². The van der Waals surface area contributed by atoms with Crippen LogP contribution in [0.3, 0.4) is 0 Å². The summed E-state index contributed by atoms with van der Waals surface area (Å²) in [7, 11) is 1.63.